The van der Waals surface area contributed by atoms with Gasteiger partial charge in [0.25, 0.3) is 0 Å². The maximum Gasteiger partial charge on any atom is 0.433 e. The molecule has 0 unspecified atom stereocenters. The van der Waals surface area contributed by atoms with Gasteiger partial charge in [0.2, 0.25) is 5.95 Å². The van der Waals surface area contributed by atoms with Crippen molar-refractivity contribution >= 4 is 21.9 Å². The highest BCUT2D eigenvalue weighted by molar-refractivity contribution is 9.10. The van der Waals surface area contributed by atoms with Crippen molar-refractivity contribution < 1.29 is 13.2 Å². The van der Waals surface area contributed by atoms with Crippen LogP contribution in [-0.4, -0.2) is 9.97 Å². The van der Waals surface area contributed by atoms with E-state index in [1.54, 1.807) is 0 Å². The lowest BCUT2D eigenvalue weighted by molar-refractivity contribution is -0.141. The molecule has 12 heavy (non-hydrogen) atoms. The highest BCUT2D eigenvalue weighted by Gasteiger charge is 2.33. The van der Waals surface area contributed by atoms with Crippen LogP contribution in [0.3, 0.4) is 0 Å². The first-order valence-electron chi connectivity index (χ1n) is 2.77. The topological polar surface area (TPSA) is 51.8 Å². The number of nitrogens with zero attached hydrogens (tertiary/aromatic N) is 2. The molecule has 0 saturated heterocycles. The summed E-state index contributed by atoms with van der Waals surface area (Å²) >= 11 is 2.77. The summed E-state index contributed by atoms with van der Waals surface area (Å²) in [7, 11) is 0. The third-order valence-corrected chi connectivity index (χ3v) is 1.41. The van der Waals surface area contributed by atoms with Crippen molar-refractivity contribution in [3.05, 3.63) is 16.4 Å². The van der Waals surface area contributed by atoms with Crippen LogP contribution < -0.4 is 5.73 Å². The zero-order chi connectivity index (χ0) is 9.35. The summed E-state index contributed by atoms with van der Waals surface area (Å²) in [5.74, 6) is -0.406. The van der Waals surface area contributed by atoms with Crippen LogP contribution in [0, 0.1) is 0 Å². The van der Waals surface area contributed by atoms with E-state index in [-0.39, 0.29) is 4.60 Å². The molecule has 0 aliphatic carbocycles. The zero-order valence-electron chi connectivity index (χ0n) is 5.56. The molecule has 0 fully saturated rings. The Kier molecular flexibility index (Phi) is 2.22. The number of anilines is 1. The molecule has 2 N–H and O–H groups in total. The number of alkyl halides is 3. The van der Waals surface area contributed by atoms with Crippen molar-refractivity contribution in [1.29, 1.82) is 0 Å². The van der Waals surface area contributed by atoms with Gasteiger partial charge in [-0.2, -0.15) is 13.2 Å². The van der Waals surface area contributed by atoms with Crippen LogP contribution in [0.1, 0.15) is 5.69 Å². The second-order valence-corrected chi connectivity index (χ2v) is 2.74. The first-order chi connectivity index (χ1) is 5.39. The van der Waals surface area contributed by atoms with Crippen LogP contribution in [0.15, 0.2) is 10.7 Å². The Morgan fingerprint density at radius 3 is 2.33 bits per heavy atom. The quantitative estimate of drug-likeness (QED) is 0.706. The fourth-order valence-electron chi connectivity index (χ4n) is 0.580. The number of hydrogen-bond donors (Lipinski definition) is 1. The third kappa shape index (κ3) is 2.07. The summed E-state index contributed by atoms with van der Waals surface area (Å²) < 4.78 is 36.0. The van der Waals surface area contributed by atoms with Crippen molar-refractivity contribution in [2.45, 2.75) is 6.18 Å². The summed E-state index contributed by atoms with van der Waals surface area (Å²) in [5.41, 5.74) is 3.95. The van der Waals surface area contributed by atoms with Crippen molar-refractivity contribution in [1.82, 2.24) is 9.97 Å². The summed E-state index contributed by atoms with van der Waals surface area (Å²) in [6.45, 7) is 0. The summed E-state index contributed by atoms with van der Waals surface area (Å²) in [6.07, 6.45) is -4.49. The molecule has 0 saturated carbocycles. The summed E-state index contributed by atoms with van der Waals surface area (Å²) in [4.78, 5) is 6.45. The lowest BCUT2D eigenvalue weighted by Gasteiger charge is -2.05. The Hall–Kier alpha value is -0.850. The molecule has 0 aliphatic rings. The number of aromatic nitrogens is 2. The van der Waals surface area contributed by atoms with E-state index in [2.05, 4.69) is 25.9 Å². The number of nitrogens with two attached hydrogens (primary N) is 1. The van der Waals surface area contributed by atoms with Gasteiger partial charge < -0.3 is 5.73 Å². The molecule has 0 amide bonds. The molecule has 0 aromatic carbocycles. The number of halogens is 4. The lowest BCUT2D eigenvalue weighted by atomic mass is 10.4. The highest BCUT2D eigenvalue weighted by Crippen LogP contribution is 2.28. The van der Waals surface area contributed by atoms with Gasteiger partial charge in [-0.15, -0.1) is 0 Å². The minimum absolute atomic E-state index is 0.0160. The monoisotopic (exact) mass is 241 g/mol. The molecule has 1 rings (SSSR count). The van der Waals surface area contributed by atoms with Crippen LogP contribution in [0.5, 0.6) is 0 Å². The SMILES string of the molecule is Nc1nc(Br)cc(C(F)(F)F)n1. The average molecular weight is 242 g/mol. The fourth-order valence-corrected chi connectivity index (χ4v) is 0.979. The van der Waals surface area contributed by atoms with E-state index in [0.717, 1.165) is 6.07 Å². The van der Waals surface area contributed by atoms with E-state index in [1.807, 2.05) is 0 Å². The molecular weight excluding hydrogens is 239 g/mol. The normalized spacial score (nSPS) is 11.7. The van der Waals surface area contributed by atoms with Crippen molar-refractivity contribution in [3.8, 4) is 0 Å². The Morgan fingerprint density at radius 2 is 1.92 bits per heavy atom. The molecule has 1 aromatic rings. The third-order valence-electron chi connectivity index (χ3n) is 1.00. The van der Waals surface area contributed by atoms with Crippen molar-refractivity contribution in [2.24, 2.45) is 0 Å². The molecule has 0 spiro atoms. The standard InChI is InChI=1S/C5H3BrF3N3/c6-3-1-2(5(7,8)9)11-4(10)12-3/h1H,(H2,10,11,12). The number of rotatable bonds is 0. The maximum absolute atomic E-state index is 12.0. The Morgan fingerprint density at radius 1 is 1.33 bits per heavy atom. The predicted octanol–water partition coefficient (Wildman–Crippen LogP) is 1.84. The molecule has 0 radical (unpaired) electrons. The lowest BCUT2D eigenvalue weighted by Crippen LogP contribution is -2.10. The van der Waals surface area contributed by atoms with Gasteiger partial charge in [0, 0.05) is 6.07 Å². The number of nitrogen functional groups attached to an aromatic ring is 1. The van der Waals surface area contributed by atoms with Gasteiger partial charge in [-0.3, -0.25) is 0 Å². The molecule has 7 heteroatoms. The first kappa shape index (κ1) is 9.24. The first-order valence-corrected chi connectivity index (χ1v) is 3.56. The molecule has 1 aromatic heterocycles. The van der Waals surface area contributed by atoms with Crippen LogP contribution >= 0.6 is 15.9 Å². The Bertz CT molecular complexity index is 278. The van der Waals surface area contributed by atoms with Gasteiger partial charge in [0.1, 0.15) is 4.60 Å². The molecule has 1 heterocycles. The van der Waals surface area contributed by atoms with Gasteiger partial charge >= 0.3 is 6.18 Å². The van der Waals surface area contributed by atoms with E-state index in [9.17, 15) is 13.2 Å². The minimum Gasteiger partial charge on any atom is -0.368 e. The minimum atomic E-state index is -4.49. The average Bonchev–Trinajstić information content (AvgIpc) is 1.82. The van der Waals surface area contributed by atoms with E-state index >= 15 is 0 Å². The van der Waals surface area contributed by atoms with E-state index < -0.39 is 17.8 Å². The second-order valence-electron chi connectivity index (χ2n) is 1.93. The summed E-state index contributed by atoms with van der Waals surface area (Å²) in [5, 5.41) is 0. The largest absolute Gasteiger partial charge is 0.433 e. The van der Waals surface area contributed by atoms with E-state index in [0.29, 0.717) is 0 Å². The molecule has 0 atom stereocenters. The van der Waals surface area contributed by atoms with Gasteiger partial charge in [-0.05, 0) is 15.9 Å². The molecule has 66 valence electrons. The fraction of sp³-hybridized carbons (Fsp3) is 0.200. The molecule has 3 nitrogen and oxygen atoms in total. The second kappa shape index (κ2) is 2.89. The molecular formula is C5H3BrF3N3. The highest BCUT2D eigenvalue weighted by atomic mass is 79.9. The van der Waals surface area contributed by atoms with Gasteiger partial charge in [0.05, 0.1) is 0 Å². The van der Waals surface area contributed by atoms with E-state index in [4.69, 9.17) is 5.73 Å². The number of hydrogen-bond acceptors (Lipinski definition) is 3. The zero-order valence-corrected chi connectivity index (χ0v) is 7.15. The van der Waals surface area contributed by atoms with Crippen LogP contribution in [0.4, 0.5) is 19.1 Å². The van der Waals surface area contributed by atoms with Crippen molar-refractivity contribution in [2.75, 3.05) is 5.73 Å². The van der Waals surface area contributed by atoms with Crippen LogP contribution in [0.2, 0.25) is 0 Å². The summed E-state index contributed by atoms with van der Waals surface area (Å²) in [6, 6.07) is 0.760. The molecule has 0 bridgehead atoms. The van der Waals surface area contributed by atoms with E-state index in [1.165, 1.54) is 0 Å². The van der Waals surface area contributed by atoms with Gasteiger partial charge in [-0.25, -0.2) is 9.97 Å². The smallest absolute Gasteiger partial charge is 0.368 e. The van der Waals surface area contributed by atoms with Gasteiger partial charge in [0.15, 0.2) is 5.69 Å². The van der Waals surface area contributed by atoms with Crippen molar-refractivity contribution in [3.63, 3.8) is 0 Å². The molecule has 0 aliphatic heterocycles. The van der Waals surface area contributed by atoms with Crippen LogP contribution in [-0.2, 0) is 6.18 Å². The van der Waals surface area contributed by atoms with Gasteiger partial charge in [-0.1, -0.05) is 0 Å². The Balaban J connectivity index is 3.18. The predicted molar refractivity (Wildman–Crippen MR) is 39.1 cm³/mol. The maximum atomic E-state index is 12.0. The van der Waals surface area contributed by atoms with Crippen LogP contribution in [0.25, 0.3) is 0 Å². The Labute approximate surface area is 73.9 Å².